The molecule has 6 heteroatoms. The van der Waals surface area contributed by atoms with E-state index in [2.05, 4.69) is 14.9 Å². The highest BCUT2D eigenvalue weighted by Gasteiger charge is 2.17. The Morgan fingerprint density at radius 3 is 2.78 bits per heavy atom. The molecule has 0 N–H and O–H groups in total. The van der Waals surface area contributed by atoms with Gasteiger partial charge in [0.15, 0.2) is 11.5 Å². The molecule has 1 aromatic carbocycles. The lowest BCUT2D eigenvalue weighted by molar-refractivity contribution is 0.174. The normalized spacial score (nSPS) is 16.0. The first-order chi connectivity index (χ1) is 11.3. The highest BCUT2D eigenvalue weighted by Crippen LogP contribution is 2.32. The van der Waals surface area contributed by atoms with Gasteiger partial charge in [0, 0.05) is 24.8 Å². The first kappa shape index (κ1) is 14.1. The van der Waals surface area contributed by atoms with Crippen LogP contribution >= 0.6 is 0 Å². The molecule has 2 aliphatic heterocycles. The summed E-state index contributed by atoms with van der Waals surface area (Å²) in [5.41, 5.74) is 1.94. The monoisotopic (exact) mass is 313 g/mol. The van der Waals surface area contributed by atoms with Gasteiger partial charge < -0.3 is 19.1 Å². The molecule has 1 fully saturated rings. The summed E-state index contributed by atoms with van der Waals surface area (Å²) in [6.45, 7) is 4.72. The molecule has 6 nitrogen and oxygen atoms in total. The van der Waals surface area contributed by atoms with E-state index in [1.807, 2.05) is 31.2 Å². The van der Waals surface area contributed by atoms with Crippen molar-refractivity contribution in [3.05, 3.63) is 35.5 Å². The number of rotatable bonds is 4. The molecule has 120 valence electrons. The average molecular weight is 313 g/mol. The maximum Gasteiger partial charge on any atom is 0.231 e. The minimum atomic E-state index is 0.282. The van der Waals surface area contributed by atoms with Gasteiger partial charge in [-0.15, -0.1) is 0 Å². The van der Waals surface area contributed by atoms with Gasteiger partial charge in [-0.3, -0.25) is 0 Å². The summed E-state index contributed by atoms with van der Waals surface area (Å²) in [5.74, 6) is 2.92. The van der Waals surface area contributed by atoms with Crippen LogP contribution in [0.25, 0.3) is 0 Å². The van der Waals surface area contributed by atoms with E-state index in [4.69, 9.17) is 14.2 Å². The lowest BCUT2D eigenvalue weighted by Gasteiger charge is -2.16. The first-order valence-corrected chi connectivity index (χ1v) is 7.90. The summed E-state index contributed by atoms with van der Waals surface area (Å²) in [6, 6.07) is 7.69. The van der Waals surface area contributed by atoms with Crippen LogP contribution in [0, 0.1) is 6.92 Å². The molecule has 0 aliphatic carbocycles. The van der Waals surface area contributed by atoms with E-state index in [-0.39, 0.29) is 6.79 Å². The number of aryl methyl sites for hydroxylation is 1. The van der Waals surface area contributed by atoms with E-state index in [1.54, 1.807) is 0 Å². The fraction of sp³-hybridized carbons (Fsp3) is 0.412. The molecule has 1 saturated heterocycles. The second-order valence-electron chi connectivity index (χ2n) is 5.82. The molecule has 0 unspecified atom stereocenters. The third kappa shape index (κ3) is 3.02. The molecule has 0 bridgehead atoms. The summed E-state index contributed by atoms with van der Waals surface area (Å²) >= 11 is 0. The van der Waals surface area contributed by atoms with E-state index in [0.717, 1.165) is 41.8 Å². The Bertz CT molecular complexity index is 714. The van der Waals surface area contributed by atoms with Crippen LogP contribution in [0.5, 0.6) is 17.4 Å². The van der Waals surface area contributed by atoms with E-state index < -0.39 is 0 Å². The molecule has 0 saturated carbocycles. The maximum absolute atomic E-state index is 5.86. The second-order valence-corrected chi connectivity index (χ2v) is 5.82. The van der Waals surface area contributed by atoms with Gasteiger partial charge in [-0.1, -0.05) is 6.07 Å². The highest BCUT2D eigenvalue weighted by molar-refractivity contribution is 5.44. The number of anilines is 1. The van der Waals surface area contributed by atoms with Crippen LogP contribution in [-0.2, 0) is 6.61 Å². The van der Waals surface area contributed by atoms with Gasteiger partial charge >= 0.3 is 0 Å². The summed E-state index contributed by atoms with van der Waals surface area (Å²) in [5, 5.41) is 0. The fourth-order valence-corrected chi connectivity index (χ4v) is 2.85. The van der Waals surface area contributed by atoms with E-state index in [0.29, 0.717) is 12.5 Å². The van der Waals surface area contributed by atoms with E-state index >= 15 is 0 Å². The zero-order valence-electron chi connectivity index (χ0n) is 13.1. The van der Waals surface area contributed by atoms with Crippen LogP contribution in [0.3, 0.4) is 0 Å². The molecule has 4 rings (SSSR count). The first-order valence-electron chi connectivity index (χ1n) is 7.90. The van der Waals surface area contributed by atoms with E-state index in [9.17, 15) is 0 Å². The Balaban J connectivity index is 1.48. The number of hydrogen-bond donors (Lipinski definition) is 0. The zero-order chi connectivity index (χ0) is 15.6. The van der Waals surface area contributed by atoms with Crippen molar-refractivity contribution >= 4 is 5.95 Å². The quantitative estimate of drug-likeness (QED) is 0.865. The van der Waals surface area contributed by atoms with Crippen LogP contribution in [-0.4, -0.2) is 29.9 Å². The van der Waals surface area contributed by atoms with E-state index in [1.165, 1.54) is 12.8 Å². The lowest BCUT2D eigenvalue weighted by atomic mass is 10.2. The van der Waals surface area contributed by atoms with Crippen molar-refractivity contribution in [2.24, 2.45) is 0 Å². The molecule has 1 aromatic heterocycles. The largest absolute Gasteiger partial charge is 0.473 e. The molecule has 23 heavy (non-hydrogen) atoms. The minimum Gasteiger partial charge on any atom is -0.473 e. The Hall–Kier alpha value is -2.50. The standard InChI is InChI=1S/C17H19N3O3/c1-12-8-16(19-17(18-12)20-6-2-3-7-20)21-10-13-4-5-14-15(9-13)23-11-22-14/h4-5,8-9H,2-3,6-7,10-11H2,1H3. The zero-order valence-corrected chi connectivity index (χ0v) is 13.1. The number of nitrogens with zero attached hydrogens (tertiary/aromatic N) is 3. The molecule has 0 radical (unpaired) electrons. The minimum absolute atomic E-state index is 0.282. The summed E-state index contributed by atoms with van der Waals surface area (Å²) in [4.78, 5) is 11.3. The molecule has 2 aromatic rings. The molecule has 3 heterocycles. The molecule has 0 atom stereocenters. The van der Waals surface area contributed by atoms with Gasteiger partial charge in [0.2, 0.25) is 18.6 Å². The molecule has 0 spiro atoms. The van der Waals surface area contributed by atoms with Crippen molar-refractivity contribution in [1.82, 2.24) is 9.97 Å². The van der Waals surface area contributed by atoms with Crippen LogP contribution < -0.4 is 19.1 Å². The van der Waals surface area contributed by atoms with Crippen molar-refractivity contribution in [3.63, 3.8) is 0 Å². The fourth-order valence-electron chi connectivity index (χ4n) is 2.85. The average Bonchev–Trinajstić information content (AvgIpc) is 3.23. The Kier molecular flexibility index (Phi) is 3.65. The van der Waals surface area contributed by atoms with Crippen molar-refractivity contribution in [2.75, 3.05) is 24.8 Å². The lowest BCUT2D eigenvalue weighted by Crippen LogP contribution is -2.21. The SMILES string of the molecule is Cc1cc(OCc2ccc3c(c2)OCO3)nc(N2CCCC2)n1. The van der Waals surface area contributed by atoms with Crippen LogP contribution in [0.2, 0.25) is 0 Å². The van der Waals surface area contributed by atoms with Gasteiger partial charge in [0.1, 0.15) is 6.61 Å². The Labute approximate surface area is 135 Å². The van der Waals surface area contributed by atoms with Gasteiger partial charge in [0.25, 0.3) is 0 Å². The maximum atomic E-state index is 5.86. The number of aromatic nitrogens is 2. The van der Waals surface area contributed by atoms with Gasteiger partial charge in [-0.2, -0.15) is 4.98 Å². The smallest absolute Gasteiger partial charge is 0.231 e. The molecular formula is C17H19N3O3. The Morgan fingerprint density at radius 2 is 1.91 bits per heavy atom. The topological polar surface area (TPSA) is 56.7 Å². The predicted molar refractivity (Wildman–Crippen MR) is 85.1 cm³/mol. The van der Waals surface area contributed by atoms with Crippen LogP contribution in [0.4, 0.5) is 5.95 Å². The van der Waals surface area contributed by atoms with Crippen molar-refractivity contribution in [1.29, 1.82) is 0 Å². The number of hydrogen-bond acceptors (Lipinski definition) is 6. The van der Waals surface area contributed by atoms with Crippen molar-refractivity contribution in [3.8, 4) is 17.4 Å². The van der Waals surface area contributed by atoms with Crippen molar-refractivity contribution in [2.45, 2.75) is 26.4 Å². The second kappa shape index (κ2) is 5.95. The molecular weight excluding hydrogens is 294 g/mol. The number of fused-ring (bicyclic) bond motifs is 1. The van der Waals surface area contributed by atoms with Gasteiger partial charge in [-0.25, -0.2) is 4.98 Å². The molecule has 2 aliphatic rings. The number of ether oxygens (including phenoxy) is 3. The third-order valence-corrected chi connectivity index (χ3v) is 4.03. The Morgan fingerprint density at radius 1 is 1.09 bits per heavy atom. The predicted octanol–water partition coefficient (Wildman–Crippen LogP) is 2.69. The summed E-state index contributed by atoms with van der Waals surface area (Å²) in [6.07, 6.45) is 2.40. The highest BCUT2D eigenvalue weighted by atomic mass is 16.7. The van der Waals surface area contributed by atoms with Gasteiger partial charge in [-0.05, 0) is 37.5 Å². The molecule has 0 amide bonds. The number of benzene rings is 1. The van der Waals surface area contributed by atoms with Gasteiger partial charge in [0.05, 0.1) is 0 Å². The van der Waals surface area contributed by atoms with Crippen LogP contribution in [0.1, 0.15) is 24.1 Å². The van der Waals surface area contributed by atoms with Crippen LogP contribution in [0.15, 0.2) is 24.3 Å². The third-order valence-electron chi connectivity index (χ3n) is 4.03. The van der Waals surface area contributed by atoms with Crippen molar-refractivity contribution < 1.29 is 14.2 Å². The summed E-state index contributed by atoms with van der Waals surface area (Å²) < 4.78 is 16.6. The summed E-state index contributed by atoms with van der Waals surface area (Å²) in [7, 11) is 0.